The summed E-state index contributed by atoms with van der Waals surface area (Å²) in [6.07, 6.45) is 3.86. The first kappa shape index (κ1) is 25.9. The molecule has 3 N–H and O–H groups in total. The zero-order chi connectivity index (χ0) is 27.7. The Morgan fingerprint density at radius 3 is 2.23 bits per heavy atom. The third kappa shape index (κ3) is 4.90. The summed E-state index contributed by atoms with van der Waals surface area (Å²) < 4.78 is 10.9. The van der Waals surface area contributed by atoms with Crippen molar-refractivity contribution >= 4 is 28.6 Å². The molecule has 0 bridgehead atoms. The molecule has 2 heterocycles. The van der Waals surface area contributed by atoms with E-state index in [1.807, 2.05) is 24.3 Å². The van der Waals surface area contributed by atoms with E-state index in [1.54, 1.807) is 20.3 Å². The maximum Gasteiger partial charge on any atom is 0.227 e. The number of carbonyl (C=O) groups excluding carboxylic acids is 1. The van der Waals surface area contributed by atoms with E-state index in [0.29, 0.717) is 66.5 Å². The average Bonchev–Trinajstić information content (AvgIpc) is 3.39. The van der Waals surface area contributed by atoms with Gasteiger partial charge in [0.15, 0.2) is 11.5 Å². The lowest BCUT2D eigenvalue weighted by Gasteiger charge is -2.41. The molecule has 0 atom stereocenters. The number of anilines is 2. The predicted octanol–water partition coefficient (Wildman–Crippen LogP) is 4.34. The number of benzene rings is 3. The van der Waals surface area contributed by atoms with Gasteiger partial charge in [0.2, 0.25) is 11.9 Å². The molecule has 2 aliphatic rings. The first-order chi connectivity index (χ1) is 19.5. The number of fused-ring (bicyclic) bond motifs is 2. The lowest BCUT2D eigenvalue weighted by atomic mass is 9.72. The molecule has 0 radical (unpaired) electrons. The Hall–Kier alpha value is -4.33. The summed E-state index contributed by atoms with van der Waals surface area (Å²) in [4.78, 5) is 25.6. The van der Waals surface area contributed by atoms with Crippen LogP contribution in [0.15, 0.2) is 66.7 Å². The molecule has 8 heteroatoms. The number of aromatic nitrogens is 2. The number of amides is 1. The number of nitrogens with one attached hydrogen (secondary N) is 1. The Kier molecular flexibility index (Phi) is 6.92. The minimum atomic E-state index is -0.508. The summed E-state index contributed by atoms with van der Waals surface area (Å²) in [5, 5.41) is 4.15. The number of nitrogen functional groups attached to an aromatic ring is 1. The second kappa shape index (κ2) is 10.7. The third-order valence-corrected chi connectivity index (χ3v) is 8.48. The highest BCUT2D eigenvalue weighted by atomic mass is 16.5. The number of hydrogen-bond acceptors (Lipinski definition) is 7. The third-order valence-electron chi connectivity index (χ3n) is 8.48. The first-order valence-electron chi connectivity index (χ1n) is 13.8. The van der Waals surface area contributed by atoms with E-state index in [0.717, 1.165) is 12.8 Å². The minimum absolute atomic E-state index is 0.131. The molecular formula is C32H35N5O3. The standard InChI is InChI=1S/C32H35N5O3/c1-39-27-18-25-26(19-28(27)40-2)35-31(36-29(25)33)37-14-12-32(13-15-37,20-21-8-4-3-5-9-21)30(38)34-24-16-22-10-6-7-11-23(22)17-24/h3-11,18-19,24H,12-17,20H2,1-2H3,(H,34,38)(H2,33,35,36). The lowest BCUT2D eigenvalue weighted by Crippen LogP contribution is -2.52. The Morgan fingerprint density at radius 1 is 0.950 bits per heavy atom. The van der Waals surface area contributed by atoms with Crippen molar-refractivity contribution in [3.05, 3.63) is 83.4 Å². The maximum atomic E-state index is 14.0. The van der Waals surface area contributed by atoms with Crippen LogP contribution >= 0.6 is 0 Å². The van der Waals surface area contributed by atoms with Gasteiger partial charge in [-0.15, -0.1) is 0 Å². The van der Waals surface area contributed by atoms with Gasteiger partial charge in [0.05, 0.1) is 25.2 Å². The van der Waals surface area contributed by atoms with Crippen molar-refractivity contribution in [3.8, 4) is 11.5 Å². The maximum absolute atomic E-state index is 14.0. The molecule has 1 aliphatic heterocycles. The molecule has 0 unspecified atom stereocenters. The summed E-state index contributed by atoms with van der Waals surface area (Å²) in [6, 6.07) is 22.6. The number of ether oxygens (including phenoxy) is 2. The summed E-state index contributed by atoms with van der Waals surface area (Å²) in [6.45, 7) is 1.31. The van der Waals surface area contributed by atoms with Gasteiger partial charge in [0.1, 0.15) is 5.82 Å². The Morgan fingerprint density at radius 2 is 1.57 bits per heavy atom. The average molecular weight is 538 g/mol. The molecule has 3 aromatic carbocycles. The fourth-order valence-corrected chi connectivity index (χ4v) is 6.21. The van der Waals surface area contributed by atoms with E-state index in [1.165, 1.54) is 16.7 Å². The molecule has 40 heavy (non-hydrogen) atoms. The summed E-state index contributed by atoms with van der Waals surface area (Å²) >= 11 is 0. The molecule has 1 saturated heterocycles. The fourth-order valence-electron chi connectivity index (χ4n) is 6.21. The van der Waals surface area contributed by atoms with Gasteiger partial charge in [-0.25, -0.2) is 4.98 Å². The topological polar surface area (TPSA) is 103 Å². The smallest absolute Gasteiger partial charge is 0.227 e. The zero-order valence-electron chi connectivity index (χ0n) is 23.0. The van der Waals surface area contributed by atoms with Crippen molar-refractivity contribution in [3.63, 3.8) is 0 Å². The second-order valence-electron chi connectivity index (χ2n) is 10.9. The van der Waals surface area contributed by atoms with Crippen molar-refractivity contribution in [2.45, 2.75) is 38.1 Å². The van der Waals surface area contributed by atoms with Crippen LogP contribution in [0.25, 0.3) is 10.9 Å². The van der Waals surface area contributed by atoms with Crippen LogP contribution < -0.4 is 25.4 Å². The van der Waals surface area contributed by atoms with E-state index in [9.17, 15) is 4.79 Å². The summed E-state index contributed by atoms with van der Waals surface area (Å²) in [5.74, 6) is 2.27. The molecule has 4 aromatic rings. The summed E-state index contributed by atoms with van der Waals surface area (Å²) in [7, 11) is 3.19. The first-order valence-corrected chi connectivity index (χ1v) is 13.8. The van der Waals surface area contributed by atoms with Gasteiger partial charge in [-0.1, -0.05) is 54.6 Å². The van der Waals surface area contributed by atoms with Gasteiger partial charge in [0, 0.05) is 30.6 Å². The monoisotopic (exact) mass is 537 g/mol. The van der Waals surface area contributed by atoms with E-state index >= 15 is 0 Å². The molecular weight excluding hydrogens is 502 g/mol. The Labute approximate surface area is 234 Å². The lowest BCUT2D eigenvalue weighted by molar-refractivity contribution is -0.133. The molecule has 1 aromatic heterocycles. The van der Waals surface area contributed by atoms with Gasteiger partial charge in [-0.2, -0.15) is 4.98 Å². The second-order valence-corrected chi connectivity index (χ2v) is 10.9. The van der Waals surface area contributed by atoms with Crippen LogP contribution in [-0.4, -0.2) is 49.2 Å². The Balaban J connectivity index is 1.23. The van der Waals surface area contributed by atoms with Crippen molar-refractivity contribution in [2.75, 3.05) is 37.9 Å². The molecule has 1 aliphatic carbocycles. The molecule has 0 spiro atoms. The van der Waals surface area contributed by atoms with Crippen LogP contribution in [0.1, 0.15) is 29.5 Å². The molecule has 6 rings (SSSR count). The van der Waals surface area contributed by atoms with Gasteiger partial charge in [0.25, 0.3) is 0 Å². The van der Waals surface area contributed by atoms with Gasteiger partial charge in [-0.3, -0.25) is 4.79 Å². The normalized spacial score (nSPS) is 16.5. The summed E-state index contributed by atoms with van der Waals surface area (Å²) in [5.41, 5.74) is 10.4. The largest absolute Gasteiger partial charge is 0.493 e. The van der Waals surface area contributed by atoms with E-state index < -0.39 is 5.41 Å². The fraction of sp³-hybridized carbons (Fsp3) is 0.344. The van der Waals surface area contributed by atoms with Crippen LogP contribution in [-0.2, 0) is 24.1 Å². The number of nitrogens with zero attached hydrogens (tertiary/aromatic N) is 3. The highest BCUT2D eigenvalue weighted by Crippen LogP contribution is 2.39. The van der Waals surface area contributed by atoms with Crippen molar-refractivity contribution < 1.29 is 14.3 Å². The van der Waals surface area contributed by atoms with Gasteiger partial charge in [-0.05, 0) is 54.9 Å². The minimum Gasteiger partial charge on any atom is -0.493 e. The molecule has 206 valence electrons. The van der Waals surface area contributed by atoms with Crippen molar-refractivity contribution in [1.82, 2.24) is 15.3 Å². The van der Waals surface area contributed by atoms with Crippen molar-refractivity contribution in [1.29, 1.82) is 0 Å². The van der Waals surface area contributed by atoms with Crippen molar-refractivity contribution in [2.24, 2.45) is 5.41 Å². The van der Waals surface area contributed by atoms with Gasteiger partial charge < -0.3 is 25.4 Å². The quantitative estimate of drug-likeness (QED) is 0.362. The number of hydrogen-bond donors (Lipinski definition) is 2. The number of carbonyl (C=O) groups is 1. The SMILES string of the molecule is COc1cc2nc(N3CCC(Cc4ccccc4)(C(=O)NC4Cc5ccccc5C4)CC3)nc(N)c2cc1OC. The van der Waals surface area contributed by atoms with Crippen LogP contribution in [0.2, 0.25) is 0 Å². The predicted molar refractivity (Wildman–Crippen MR) is 157 cm³/mol. The zero-order valence-corrected chi connectivity index (χ0v) is 23.0. The molecule has 8 nitrogen and oxygen atoms in total. The van der Waals surface area contributed by atoms with Crippen LogP contribution in [0.5, 0.6) is 11.5 Å². The highest BCUT2D eigenvalue weighted by molar-refractivity contribution is 5.92. The van der Waals surface area contributed by atoms with Crippen LogP contribution in [0, 0.1) is 5.41 Å². The number of piperidine rings is 1. The van der Waals surface area contributed by atoms with E-state index in [2.05, 4.69) is 51.6 Å². The molecule has 1 amide bonds. The van der Waals surface area contributed by atoms with Crippen LogP contribution in [0.3, 0.4) is 0 Å². The van der Waals surface area contributed by atoms with E-state index in [4.69, 9.17) is 20.2 Å². The Bertz CT molecular complexity index is 1510. The van der Waals surface area contributed by atoms with E-state index in [-0.39, 0.29) is 11.9 Å². The van der Waals surface area contributed by atoms with Crippen LogP contribution in [0.4, 0.5) is 11.8 Å². The molecule has 0 saturated carbocycles. The number of rotatable bonds is 7. The highest BCUT2D eigenvalue weighted by Gasteiger charge is 2.43. The van der Waals surface area contributed by atoms with Gasteiger partial charge >= 0.3 is 0 Å². The number of nitrogens with two attached hydrogens (primary N) is 1. The molecule has 1 fully saturated rings. The number of methoxy groups -OCH3 is 2.